The van der Waals surface area contributed by atoms with Gasteiger partial charge in [0.05, 0.1) is 10.7 Å². The zero-order valence-corrected chi connectivity index (χ0v) is 17.7. The number of halogens is 3. The molecule has 0 heterocycles. The Hall–Kier alpha value is -1.71. The Balaban J connectivity index is 0.000000337. The first-order valence-corrected chi connectivity index (χ1v) is 10.1. The highest BCUT2D eigenvalue weighted by atomic mass is 35.5. The summed E-state index contributed by atoms with van der Waals surface area (Å²) in [4.78, 5) is 2.28. The topological polar surface area (TPSA) is 15.3 Å². The summed E-state index contributed by atoms with van der Waals surface area (Å²) in [6.45, 7) is 10.6. The number of unbranched alkanes of at least 4 members (excludes halogenated alkanes) is 1. The Morgan fingerprint density at radius 2 is 1.89 bits per heavy atom. The van der Waals surface area contributed by atoms with Gasteiger partial charge in [-0.05, 0) is 54.9 Å². The second-order valence-electron chi connectivity index (χ2n) is 6.08. The normalized spacial score (nSPS) is 9.96. The molecule has 0 saturated heterocycles. The third-order valence-electron chi connectivity index (χ3n) is 4.00. The molecule has 27 heavy (non-hydrogen) atoms. The summed E-state index contributed by atoms with van der Waals surface area (Å²) in [5.74, 6) is -0.144. The highest BCUT2D eigenvalue weighted by molar-refractivity contribution is 6.36. The molecule has 0 aromatic heterocycles. The minimum Gasteiger partial charge on any atom is -0.390 e. The Labute approximate surface area is 173 Å². The quantitative estimate of drug-likeness (QED) is 0.461. The molecule has 1 N–H and O–H groups in total. The number of hydrogen-bond acceptors (Lipinski definition) is 2. The van der Waals surface area contributed by atoms with E-state index in [4.69, 9.17) is 23.2 Å². The standard InChI is InChI=1S/C14H20Cl2N2.C8H9F/c1-3-5-9-18(10-8-17-4-2)14-7-6-12(15)11-13(14)16;1-2-7-4-3-5-8(9)6-7/h4,6-7,11,17H,2-3,5,8-10H2,1H3;3-6H,2H2,1H3. The molecular formula is C22H29Cl2FN2. The number of benzene rings is 2. The van der Waals surface area contributed by atoms with Crippen LogP contribution in [0.3, 0.4) is 0 Å². The van der Waals surface area contributed by atoms with E-state index in [2.05, 4.69) is 23.7 Å². The summed E-state index contributed by atoms with van der Waals surface area (Å²) < 4.78 is 12.4. The maximum Gasteiger partial charge on any atom is 0.123 e. The van der Waals surface area contributed by atoms with Crippen LogP contribution in [0, 0.1) is 5.82 Å². The number of nitrogens with one attached hydrogen (secondary N) is 1. The molecule has 0 spiro atoms. The van der Waals surface area contributed by atoms with Gasteiger partial charge in [0.2, 0.25) is 0 Å². The van der Waals surface area contributed by atoms with E-state index < -0.39 is 0 Å². The van der Waals surface area contributed by atoms with E-state index in [1.165, 1.54) is 6.07 Å². The van der Waals surface area contributed by atoms with E-state index in [0.29, 0.717) is 10.0 Å². The van der Waals surface area contributed by atoms with Crippen molar-refractivity contribution in [2.45, 2.75) is 33.1 Å². The number of nitrogens with zero attached hydrogens (tertiary/aromatic N) is 1. The van der Waals surface area contributed by atoms with Crippen LogP contribution in [0.25, 0.3) is 0 Å². The van der Waals surface area contributed by atoms with Crippen LogP contribution >= 0.6 is 23.2 Å². The molecule has 2 rings (SSSR count). The molecule has 0 bridgehead atoms. The van der Waals surface area contributed by atoms with Crippen LogP contribution in [-0.2, 0) is 6.42 Å². The molecule has 0 fully saturated rings. The van der Waals surface area contributed by atoms with Gasteiger partial charge in [0.25, 0.3) is 0 Å². The number of aryl methyl sites for hydroxylation is 1. The Kier molecular flexibility index (Phi) is 11.6. The molecule has 0 atom stereocenters. The lowest BCUT2D eigenvalue weighted by atomic mass is 10.2. The van der Waals surface area contributed by atoms with Crippen molar-refractivity contribution in [1.29, 1.82) is 0 Å². The highest BCUT2D eigenvalue weighted by Gasteiger charge is 2.09. The van der Waals surface area contributed by atoms with E-state index in [1.54, 1.807) is 24.4 Å². The SMILES string of the molecule is C=CNCCN(CCCC)c1ccc(Cl)cc1Cl.CCc1cccc(F)c1. The first-order valence-electron chi connectivity index (χ1n) is 9.30. The van der Waals surface area contributed by atoms with E-state index in [-0.39, 0.29) is 5.82 Å². The molecule has 2 nitrogen and oxygen atoms in total. The van der Waals surface area contributed by atoms with Crippen LogP contribution in [0.4, 0.5) is 10.1 Å². The van der Waals surface area contributed by atoms with Crippen LogP contribution in [0.2, 0.25) is 10.0 Å². The van der Waals surface area contributed by atoms with Crippen molar-refractivity contribution in [2.75, 3.05) is 24.5 Å². The molecule has 0 unspecified atom stereocenters. The van der Waals surface area contributed by atoms with Gasteiger partial charge in [0, 0.05) is 24.7 Å². The van der Waals surface area contributed by atoms with Crippen molar-refractivity contribution in [2.24, 2.45) is 0 Å². The molecule has 2 aromatic carbocycles. The van der Waals surface area contributed by atoms with Crippen molar-refractivity contribution in [1.82, 2.24) is 5.32 Å². The second kappa shape index (κ2) is 13.5. The maximum absolute atomic E-state index is 12.4. The first kappa shape index (κ1) is 23.3. The van der Waals surface area contributed by atoms with Gasteiger partial charge in [0.1, 0.15) is 5.82 Å². The molecule has 0 radical (unpaired) electrons. The van der Waals surface area contributed by atoms with Gasteiger partial charge in [0.15, 0.2) is 0 Å². The van der Waals surface area contributed by atoms with E-state index >= 15 is 0 Å². The molecule has 148 valence electrons. The predicted molar refractivity (Wildman–Crippen MR) is 118 cm³/mol. The van der Waals surface area contributed by atoms with E-state index in [0.717, 1.165) is 50.1 Å². The third kappa shape index (κ3) is 9.16. The lowest BCUT2D eigenvalue weighted by molar-refractivity contribution is 0.625. The van der Waals surface area contributed by atoms with Crippen molar-refractivity contribution >= 4 is 28.9 Å². The fourth-order valence-corrected chi connectivity index (χ4v) is 3.03. The van der Waals surface area contributed by atoms with Gasteiger partial charge in [-0.25, -0.2) is 4.39 Å². The average Bonchev–Trinajstić information content (AvgIpc) is 2.65. The summed E-state index contributed by atoms with van der Waals surface area (Å²) in [7, 11) is 0. The van der Waals surface area contributed by atoms with Gasteiger partial charge in [-0.2, -0.15) is 0 Å². The molecule has 0 amide bonds. The van der Waals surface area contributed by atoms with Gasteiger partial charge in [-0.3, -0.25) is 0 Å². The van der Waals surface area contributed by atoms with Crippen LogP contribution in [0.1, 0.15) is 32.3 Å². The molecule has 2 aromatic rings. The van der Waals surface area contributed by atoms with Crippen molar-refractivity contribution in [3.8, 4) is 0 Å². The third-order valence-corrected chi connectivity index (χ3v) is 4.54. The summed E-state index contributed by atoms with van der Waals surface area (Å²) in [6.07, 6.45) is 4.92. The zero-order chi connectivity index (χ0) is 20.1. The Morgan fingerprint density at radius 3 is 2.44 bits per heavy atom. The minimum atomic E-state index is -0.144. The van der Waals surface area contributed by atoms with Crippen LogP contribution < -0.4 is 10.2 Å². The minimum absolute atomic E-state index is 0.144. The van der Waals surface area contributed by atoms with Crippen molar-refractivity contribution < 1.29 is 4.39 Å². The second-order valence-corrected chi connectivity index (χ2v) is 6.92. The van der Waals surface area contributed by atoms with Gasteiger partial charge < -0.3 is 10.2 Å². The van der Waals surface area contributed by atoms with Gasteiger partial charge in [-0.15, -0.1) is 0 Å². The Morgan fingerprint density at radius 1 is 1.11 bits per heavy atom. The van der Waals surface area contributed by atoms with Crippen LogP contribution in [0.15, 0.2) is 55.2 Å². The summed E-state index contributed by atoms with van der Waals surface area (Å²) in [6, 6.07) is 12.3. The lowest BCUT2D eigenvalue weighted by Gasteiger charge is -2.26. The molecule has 0 aliphatic rings. The molecule has 5 heteroatoms. The molecule has 0 aliphatic carbocycles. The van der Waals surface area contributed by atoms with Crippen molar-refractivity contribution in [3.05, 3.63) is 76.7 Å². The molecule has 0 saturated carbocycles. The smallest absolute Gasteiger partial charge is 0.123 e. The van der Waals surface area contributed by atoms with E-state index in [1.807, 2.05) is 25.1 Å². The molecular weight excluding hydrogens is 382 g/mol. The monoisotopic (exact) mass is 410 g/mol. The zero-order valence-electron chi connectivity index (χ0n) is 16.1. The van der Waals surface area contributed by atoms with Gasteiger partial charge >= 0.3 is 0 Å². The fourth-order valence-electron chi connectivity index (χ4n) is 2.50. The van der Waals surface area contributed by atoms with Crippen LogP contribution in [-0.4, -0.2) is 19.6 Å². The van der Waals surface area contributed by atoms with E-state index in [9.17, 15) is 4.39 Å². The predicted octanol–water partition coefficient (Wildman–Crippen LogP) is 6.72. The lowest BCUT2D eigenvalue weighted by Crippen LogP contribution is -2.31. The largest absolute Gasteiger partial charge is 0.390 e. The summed E-state index contributed by atoms with van der Waals surface area (Å²) >= 11 is 12.2. The number of anilines is 1. The van der Waals surface area contributed by atoms with Crippen LogP contribution in [0.5, 0.6) is 0 Å². The van der Waals surface area contributed by atoms with Gasteiger partial charge in [-0.1, -0.05) is 62.2 Å². The highest BCUT2D eigenvalue weighted by Crippen LogP contribution is 2.28. The summed E-state index contributed by atoms with van der Waals surface area (Å²) in [5, 5.41) is 4.48. The molecule has 0 aliphatic heterocycles. The fraction of sp³-hybridized carbons (Fsp3) is 0.364. The average molecular weight is 411 g/mol. The number of hydrogen-bond donors (Lipinski definition) is 1. The number of rotatable bonds is 9. The maximum atomic E-state index is 12.4. The first-order chi connectivity index (χ1) is 13.0. The Bertz CT molecular complexity index is 692. The van der Waals surface area contributed by atoms with Crippen molar-refractivity contribution in [3.63, 3.8) is 0 Å². The summed E-state index contributed by atoms with van der Waals surface area (Å²) in [5.41, 5.74) is 2.09.